The third-order valence-electron chi connectivity index (χ3n) is 3.97. The molecule has 0 aromatic heterocycles. The third-order valence-corrected chi connectivity index (χ3v) is 4.71. The molecule has 144 valence electrons. The van der Waals surface area contributed by atoms with Gasteiger partial charge in [0.15, 0.2) is 17.5 Å². The SMILES string of the molecule is CCNC(=NCc1cc(OC)c(OC)cc1Br)NCCNC(=O)C1CC1. The molecule has 0 heterocycles. The molecule has 0 aliphatic heterocycles. The van der Waals surface area contributed by atoms with Gasteiger partial charge in [-0.2, -0.15) is 0 Å². The second-order valence-corrected chi connectivity index (χ2v) is 6.84. The van der Waals surface area contributed by atoms with E-state index in [9.17, 15) is 4.79 Å². The quantitative estimate of drug-likeness (QED) is 0.319. The molecule has 0 atom stereocenters. The van der Waals surface area contributed by atoms with Crippen LogP contribution >= 0.6 is 15.9 Å². The van der Waals surface area contributed by atoms with Crippen LogP contribution in [0.3, 0.4) is 0 Å². The van der Waals surface area contributed by atoms with Gasteiger partial charge < -0.3 is 25.4 Å². The van der Waals surface area contributed by atoms with Crippen LogP contribution in [-0.2, 0) is 11.3 Å². The molecule has 7 nitrogen and oxygen atoms in total. The van der Waals surface area contributed by atoms with E-state index in [1.165, 1.54) is 0 Å². The lowest BCUT2D eigenvalue weighted by Gasteiger charge is -2.13. The van der Waals surface area contributed by atoms with E-state index in [-0.39, 0.29) is 11.8 Å². The van der Waals surface area contributed by atoms with E-state index < -0.39 is 0 Å². The van der Waals surface area contributed by atoms with Gasteiger partial charge in [-0.05, 0) is 37.5 Å². The van der Waals surface area contributed by atoms with Gasteiger partial charge in [0.25, 0.3) is 0 Å². The molecule has 1 aliphatic rings. The lowest BCUT2D eigenvalue weighted by Crippen LogP contribution is -2.41. The van der Waals surface area contributed by atoms with E-state index in [4.69, 9.17) is 9.47 Å². The Morgan fingerprint density at radius 2 is 1.81 bits per heavy atom. The lowest BCUT2D eigenvalue weighted by atomic mass is 10.2. The summed E-state index contributed by atoms with van der Waals surface area (Å²) in [5, 5.41) is 9.36. The fourth-order valence-electron chi connectivity index (χ4n) is 2.38. The van der Waals surface area contributed by atoms with E-state index in [1.54, 1.807) is 14.2 Å². The molecule has 1 amide bonds. The van der Waals surface area contributed by atoms with E-state index in [0.717, 1.165) is 29.4 Å². The lowest BCUT2D eigenvalue weighted by molar-refractivity contribution is -0.122. The van der Waals surface area contributed by atoms with Crippen LogP contribution in [0.25, 0.3) is 0 Å². The van der Waals surface area contributed by atoms with Gasteiger partial charge in [-0.1, -0.05) is 15.9 Å². The zero-order valence-corrected chi connectivity index (χ0v) is 17.1. The molecule has 1 aliphatic carbocycles. The van der Waals surface area contributed by atoms with Crippen molar-refractivity contribution in [2.75, 3.05) is 33.9 Å². The average molecular weight is 427 g/mol. The van der Waals surface area contributed by atoms with Crippen LogP contribution < -0.4 is 25.4 Å². The summed E-state index contributed by atoms with van der Waals surface area (Å²) in [6.45, 7) is 4.45. The highest BCUT2D eigenvalue weighted by Crippen LogP contribution is 2.33. The minimum absolute atomic E-state index is 0.156. The molecule has 0 bridgehead atoms. The van der Waals surface area contributed by atoms with Crippen molar-refractivity contribution in [3.8, 4) is 11.5 Å². The standard InChI is InChI=1S/C18H27BrN4O3/c1-4-20-18(22-8-7-21-17(24)12-5-6-12)23-11-13-9-15(25-2)16(26-3)10-14(13)19/h9-10,12H,4-8,11H2,1-3H3,(H,21,24)(H2,20,22,23). The number of benzene rings is 1. The summed E-state index contributed by atoms with van der Waals surface area (Å²) in [7, 11) is 3.22. The highest BCUT2D eigenvalue weighted by Gasteiger charge is 2.28. The zero-order valence-electron chi connectivity index (χ0n) is 15.5. The van der Waals surface area contributed by atoms with Crippen molar-refractivity contribution in [3.05, 3.63) is 22.2 Å². The Hall–Kier alpha value is -1.96. The summed E-state index contributed by atoms with van der Waals surface area (Å²) < 4.78 is 11.5. The Kier molecular flexibility index (Phi) is 8.03. The number of nitrogens with zero attached hydrogens (tertiary/aromatic N) is 1. The topological polar surface area (TPSA) is 84.0 Å². The Labute approximate surface area is 163 Å². The Bertz CT molecular complexity index is 648. The molecule has 3 N–H and O–H groups in total. The second-order valence-electron chi connectivity index (χ2n) is 5.99. The van der Waals surface area contributed by atoms with E-state index in [1.807, 2.05) is 19.1 Å². The van der Waals surface area contributed by atoms with Crippen molar-refractivity contribution in [1.82, 2.24) is 16.0 Å². The fourth-order valence-corrected chi connectivity index (χ4v) is 2.83. The van der Waals surface area contributed by atoms with Crippen LogP contribution in [0.2, 0.25) is 0 Å². The van der Waals surface area contributed by atoms with Gasteiger partial charge in [-0.3, -0.25) is 4.79 Å². The normalized spacial score (nSPS) is 13.9. The minimum atomic E-state index is 0.156. The van der Waals surface area contributed by atoms with Crippen molar-refractivity contribution in [2.24, 2.45) is 10.9 Å². The Morgan fingerprint density at radius 3 is 2.42 bits per heavy atom. The molecular formula is C18H27BrN4O3. The maximum absolute atomic E-state index is 11.6. The van der Waals surface area contributed by atoms with Gasteiger partial charge in [-0.25, -0.2) is 4.99 Å². The number of ether oxygens (including phenoxy) is 2. The number of guanidine groups is 1. The number of carbonyl (C=O) groups excluding carboxylic acids is 1. The van der Waals surface area contributed by atoms with Gasteiger partial charge in [0.1, 0.15) is 0 Å². The molecule has 1 saturated carbocycles. The smallest absolute Gasteiger partial charge is 0.223 e. The molecule has 0 saturated heterocycles. The fraction of sp³-hybridized carbons (Fsp3) is 0.556. The van der Waals surface area contributed by atoms with Crippen LogP contribution in [0.4, 0.5) is 0 Å². The van der Waals surface area contributed by atoms with E-state index in [0.29, 0.717) is 37.1 Å². The Morgan fingerprint density at radius 1 is 1.15 bits per heavy atom. The summed E-state index contributed by atoms with van der Waals surface area (Å²) in [5.41, 5.74) is 0.988. The summed E-state index contributed by atoms with van der Waals surface area (Å²) in [5.74, 6) is 2.43. The molecular weight excluding hydrogens is 400 g/mol. The van der Waals surface area contributed by atoms with E-state index in [2.05, 4.69) is 36.9 Å². The molecule has 0 unspecified atom stereocenters. The van der Waals surface area contributed by atoms with Crippen LogP contribution in [0, 0.1) is 5.92 Å². The molecule has 1 aromatic rings. The molecule has 0 radical (unpaired) electrons. The number of hydrogen-bond donors (Lipinski definition) is 3. The molecule has 1 aromatic carbocycles. The monoisotopic (exact) mass is 426 g/mol. The molecule has 26 heavy (non-hydrogen) atoms. The molecule has 8 heteroatoms. The molecule has 0 spiro atoms. The van der Waals surface area contributed by atoms with Crippen LogP contribution in [-0.4, -0.2) is 45.7 Å². The number of rotatable bonds is 9. The first-order valence-corrected chi connectivity index (χ1v) is 9.58. The van der Waals surface area contributed by atoms with Crippen molar-refractivity contribution in [2.45, 2.75) is 26.3 Å². The third kappa shape index (κ3) is 6.09. The zero-order chi connectivity index (χ0) is 18.9. The number of amides is 1. The summed E-state index contributed by atoms with van der Waals surface area (Å²) in [6.07, 6.45) is 2.03. The van der Waals surface area contributed by atoms with Gasteiger partial charge >= 0.3 is 0 Å². The van der Waals surface area contributed by atoms with E-state index >= 15 is 0 Å². The maximum Gasteiger partial charge on any atom is 0.223 e. The summed E-state index contributed by atoms with van der Waals surface area (Å²) in [6, 6.07) is 3.78. The predicted octanol–water partition coefficient (Wildman–Crippen LogP) is 2.05. The highest BCUT2D eigenvalue weighted by atomic mass is 79.9. The van der Waals surface area contributed by atoms with Gasteiger partial charge in [0, 0.05) is 30.0 Å². The van der Waals surface area contributed by atoms with Crippen molar-refractivity contribution in [1.29, 1.82) is 0 Å². The molecule has 2 rings (SSSR count). The van der Waals surface area contributed by atoms with Gasteiger partial charge in [0.05, 0.1) is 20.8 Å². The number of halogens is 1. The van der Waals surface area contributed by atoms with Crippen LogP contribution in [0.5, 0.6) is 11.5 Å². The first kappa shape index (κ1) is 20.4. The van der Waals surface area contributed by atoms with Gasteiger partial charge in [0.2, 0.25) is 5.91 Å². The van der Waals surface area contributed by atoms with Crippen LogP contribution in [0.1, 0.15) is 25.3 Å². The van der Waals surface area contributed by atoms with Crippen molar-refractivity contribution < 1.29 is 14.3 Å². The van der Waals surface area contributed by atoms with Crippen molar-refractivity contribution in [3.63, 3.8) is 0 Å². The largest absolute Gasteiger partial charge is 0.493 e. The maximum atomic E-state index is 11.6. The van der Waals surface area contributed by atoms with Gasteiger partial charge in [-0.15, -0.1) is 0 Å². The summed E-state index contributed by atoms with van der Waals surface area (Å²) >= 11 is 3.55. The number of hydrogen-bond acceptors (Lipinski definition) is 4. The first-order chi connectivity index (χ1) is 12.6. The number of carbonyl (C=O) groups is 1. The average Bonchev–Trinajstić information content (AvgIpc) is 3.48. The summed E-state index contributed by atoms with van der Waals surface area (Å²) in [4.78, 5) is 16.2. The minimum Gasteiger partial charge on any atom is -0.493 e. The number of aliphatic imine (C=N–C) groups is 1. The van der Waals surface area contributed by atoms with Crippen molar-refractivity contribution >= 4 is 27.8 Å². The molecule has 1 fully saturated rings. The first-order valence-electron chi connectivity index (χ1n) is 8.79. The number of methoxy groups -OCH3 is 2. The second kappa shape index (κ2) is 10.3. The Balaban J connectivity index is 1.91. The number of nitrogens with one attached hydrogen (secondary N) is 3. The highest BCUT2D eigenvalue weighted by molar-refractivity contribution is 9.10. The van der Waals surface area contributed by atoms with Crippen LogP contribution in [0.15, 0.2) is 21.6 Å². The predicted molar refractivity (Wildman–Crippen MR) is 106 cm³/mol.